The molecular formula is C15H15N3O3S. The highest BCUT2D eigenvalue weighted by Gasteiger charge is 2.09. The lowest BCUT2D eigenvalue weighted by Gasteiger charge is -2.06. The molecule has 2 aromatic rings. The van der Waals surface area contributed by atoms with Gasteiger partial charge in [0.15, 0.2) is 10.6 Å². The zero-order valence-electron chi connectivity index (χ0n) is 12.2. The van der Waals surface area contributed by atoms with E-state index in [0.29, 0.717) is 16.1 Å². The van der Waals surface area contributed by atoms with E-state index in [0.717, 1.165) is 0 Å². The minimum Gasteiger partial charge on any atom is -0.326 e. The number of ketones is 1. The minimum atomic E-state index is -0.309. The largest absolute Gasteiger partial charge is 0.326 e. The molecule has 1 heterocycles. The Morgan fingerprint density at radius 2 is 2.05 bits per heavy atom. The quantitative estimate of drug-likeness (QED) is 0.874. The van der Waals surface area contributed by atoms with E-state index in [4.69, 9.17) is 0 Å². The molecule has 7 heteroatoms. The predicted molar refractivity (Wildman–Crippen MR) is 83.6 cm³/mol. The highest BCUT2D eigenvalue weighted by Crippen LogP contribution is 2.12. The SMILES string of the molecule is CC(=O)N=c1sccn1CC(=O)c1cccc(NC(C)=O)c1. The van der Waals surface area contributed by atoms with E-state index in [1.165, 1.54) is 25.2 Å². The number of anilines is 1. The lowest BCUT2D eigenvalue weighted by Crippen LogP contribution is -2.21. The molecule has 0 spiro atoms. The second kappa shape index (κ2) is 6.95. The molecule has 0 saturated heterocycles. The Bertz CT molecular complexity index is 789. The van der Waals surface area contributed by atoms with Gasteiger partial charge in [0.2, 0.25) is 11.8 Å². The number of carbonyl (C=O) groups is 3. The van der Waals surface area contributed by atoms with E-state index in [1.54, 1.807) is 40.4 Å². The maximum atomic E-state index is 12.3. The minimum absolute atomic E-state index is 0.0825. The van der Waals surface area contributed by atoms with Gasteiger partial charge in [0.25, 0.3) is 0 Å². The number of rotatable bonds is 4. The highest BCUT2D eigenvalue weighted by molar-refractivity contribution is 7.07. The van der Waals surface area contributed by atoms with Gasteiger partial charge in [-0.1, -0.05) is 12.1 Å². The fourth-order valence-corrected chi connectivity index (χ4v) is 2.63. The Hall–Kier alpha value is -2.54. The van der Waals surface area contributed by atoms with E-state index < -0.39 is 0 Å². The van der Waals surface area contributed by atoms with Crippen LogP contribution in [-0.2, 0) is 16.1 Å². The van der Waals surface area contributed by atoms with Crippen LogP contribution in [0.4, 0.5) is 5.69 Å². The van der Waals surface area contributed by atoms with Crippen molar-refractivity contribution in [2.45, 2.75) is 20.4 Å². The molecule has 22 heavy (non-hydrogen) atoms. The molecular weight excluding hydrogens is 302 g/mol. The van der Waals surface area contributed by atoms with E-state index >= 15 is 0 Å². The van der Waals surface area contributed by atoms with Gasteiger partial charge in [-0.25, -0.2) is 0 Å². The molecule has 0 bridgehead atoms. The summed E-state index contributed by atoms with van der Waals surface area (Å²) in [6.45, 7) is 2.85. The first kappa shape index (κ1) is 15.8. The molecule has 1 aromatic carbocycles. The number of thiazole rings is 1. The number of carbonyl (C=O) groups excluding carboxylic acids is 3. The molecule has 0 saturated carbocycles. The molecule has 114 valence electrons. The van der Waals surface area contributed by atoms with Crippen LogP contribution in [0.1, 0.15) is 24.2 Å². The molecule has 0 fully saturated rings. The van der Waals surface area contributed by atoms with E-state index in [2.05, 4.69) is 10.3 Å². The number of nitrogens with one attached hydrogen (secondary N) is 1. The molecule has 2 amide bonds. The summed E-state index contributed by atoms with van der Waals surface area (Å²) in [4.78, 5) is 38.8. The molecule has 0 unspecified atom stereocenters. The number of aromatic nitrogens is 1. The van der Waals surface area contributed by atoms with Gasteiger partial charge in [-0.3, -0.25) is 14.4 Å². The van der Waals surface area contributed by atoms with Gasteiger partial charge < -0.3 is 9.88 Å². The van der Waals surface area contributed by atoms with Gasteiger partial charge in [-0.2, -0.15) is 4.99 Å². The van der Waals surface area contributed by atoms with Crippen LogP contribution in [0, 0.1) is 0 Å². The molecule has 6 nitrogen and oxygen atoms in total. The van der Waals surface area contributed by atoms with Crippen molar-refractivity contribution in [3.05, 3.63) is 46.2 Å². The summed E-state index contributed by atoms with van der Waals surface area (Å²) in [6, 6.07) is 6.73. The number of hydrogen-bond donors (Lipinski definition) is 1. The molecule has 0 aliphatic carbocycles. The van der Waals surface area contributed by atoms with Crippen molar-refractivity contribution in [2.24, 2.45) is 4.99 Å². The van der Waals surface area contributed by atoms with Crippen molar-refractivity contribution in [3.63, 3.8) is 0 Å². The second-order valence-corrected chi connectivity index (χ2v) is 5.50. The average molecular weight is 317 g/mol. The molecule has 0 atom stereocenters. The molecule has 1 N–H and O–H groups in total. The topological polar surface area (TPSA) is 80.5 Å². The molecule has 0 radical (unpaired) electrons. The Balaban J connectivity index is 2.21. The summed E-state index contributed by atoms with van der Waals surface area (Å²) in [7, 11) is 0. The third-order valence-electron chi connectivity index (χ3n) is 2.73. The summed E-state index contributed by atoms with van der Waals surface area (Å²) in [6.07, 6.45) is 1.71. The van der Waals surface area contributed by atoms with Crippen molar-refractivity contribution in [1.82, 2.24) is 4.57 Å². The normalized spacial score (nSPS) is 11.3. The first-order chi connectivity index (χ1) is 10.5. The summed E-state index contributed by atoms with van der Waals surface area (Å²) in [5, 5.41) is 4.40. The zero-order valence-corrected chi connectivity index (χ0v) is 13.0. The maximum Gasteiger partial charge on any atom is 0.245 e. The molecule has 0 aliphatic heterocycles. The third kappa shape index (κ3) is 4.23. The van der Waals surface area contributed by atoms with Crippen LogP contribution in [0.15, 0.2) is 40.8 Å². The highest BCUT2D eigenvalue weighted by atomic mass is 32.1. The van der Waals surface area contributed by atoms with Crippen LogP contribution >= 0.6 is 11.3 Å². The fraction of sp³-hybridized carbons (Fsp3) is 0.200. The first-order valence-corrected chi connectivity index (χ1v) is 7.44. The maximum absolute atomic E-state index is 12.3. The van der Waals surface area contributed by atoms with Gasteiger partial charge >= 0.3 is 0 Å². The van der Waals surface area contributed by atoms with Crippen LogP contribution in [0.25, 0.3) is 0 Å². The lowest BCUT2D eigenvalue weighted by atomic mass is 10.1. The van der Waals surface area contributed by atoms with Gasteiger partial charge in [-0.15, -0.1) is 11.3 Å². The van der Waals surface area contributed by atoms with Crippen LogP contribution < -0.4 is 10.1 Å². The fourth-order valence-electron chi connectivity index (χ4n) is 1.86. The summed E-state index contributed by atoms with van der Waals surface area (Å²) in [5.74, 6) is -0.633. The Kier molecular flexibility index (Phi) is 5.00. The second-order valence-electron chi connectivity index (χ2n) is 4.63. The smallest absolute Gasteiger partial charge is 0.245 e. The van der Waals surface area contributed by atoms with Crippen LogP contribution in [0.3, 0.4) is 0 Å². The Morgan fingerprint density at radius 1 is 1.27 bits per heavy atom. The summed E-state index contributed by atoms with van der Waals surface area (Å²) in [5.41, 5.74) is 1.06. The molecule has 1 aromatic heterocycles. The van der Waals surface area contributed by atoms with Gasteiger partial charge in [0.1, 0.15) is 0 Å². The van der Waals surface area contributed by atoms with Crippen molar-refractivity contribution < 1.29 is 14.4 Å². The predicted octanol–water partition coefficient (Wildman–Crippen LogP) is 1.84. The number of hydrogen-bond acceptors (Lipinski definition) is 4. The van der Waals surface area contributed by atoms with E-state index in [9.17, 15) is 14.4 Å². The summed E-state index contributed by atoms with van der Waals surface area (Å²) < 4.78 is 1.62. The van der Waals surface area contributed by atoms with Gasteiger partial charge in [0.05, 0.1) is 6.54 Å². The van der Waals surface area contributed by atoms with Gasteiger partial charge in [-0.05, 0) is 12.1 Å². The summed E-state index contributed by atoms with van der Waals surface area (Å²) >= 11 is 1.29. The van der Waals surface area contributed by atoms with E-state index in [1.807, 2.05) is 0 Å². The van der Waals surface area contributed by atoms with Crippen LogP contribution in [-0.4, -0.2) is 22.2 Å². The number of nitrogens with zero attached hydrogens (tertiary/aromatic N) is 2. The monoisotopic (exact) mass is 317 g/mol. The first-order valence-electron chi connectivity index (χ1n) is 6.56. The standard InChI is InChI=1S/C15H15N3O3S/c1-10(19)16-13-5-3-4-12(8-13)14(21)9-18-6-7-22-15(18)17-11(2)20/h3-8H,9H2,1-2H3,(H,16,19). The van der Waals surface area contributed by atoms with E-state index in [-0.39, 0.29) is 24.1 Å². The molecule has 2 rings (SSSR count). The third-order valence-corrected chi connectivity index (χ3v) is 3.53. The average Bonchev–Trinajstić information content (AvgIpc) is 2.84. The molecule has 0 aliphatic rings. The Morgan fingerprint density at radius 3 is 2.73 bits per heavy atom. The number of amides is 2. The van der Waals surface area contributed by atoms with Crippen LogP contribution in [0.5, 0.6) is 0 Å². The van der Waals surface area contributed by atoms with Crippen molar-refractivity contribution in [1.29, 1.82) is 0 Å². The van der Waals surface area contributed by atoms with Crippen molar-refractivity contribution in [2.75, 3.05) is 5.32 Å². The zero-order chi connectivity index (χ0) is 16.1. The number of Topliss-reactive ketones (excluding diaryl/α,β-unsaturated/α-hetero) is 1. The van der Waals surface area contributed by atoms with Crippen LogP contribution in [0.2, 0.25) is 0 Å². The van der Waals surface area contributed by atoms with Crippen molar-refractivity contribution in [3.8, 4) is 0 Å². The van der Waals surface area contributed by atoms with Gasteiger partial charge in [0, 0.05) is 36.7 Å². The number of benzene rings is 1. The van der Waals surface area contributed by atoms with Crippen molar-refractivity contribution >= 4 is 34.6 Å². The lowest BCUT2D eigenvalue weighted by molar-refractivity contribution is -0.116. The Labute approximate surface area is 131 Å².